The van der Waals surface area contributed by atoms with Crippen molar-refractivity contribution in [3.8, 4) is 0 Å². The first-order valence-electron chi connectivity index (χ1n) is 6.58. The molecule has 108 valence electrons. The lowest BCUT2D eigenvalue weighted by Crippen LogP contribution is -2.44. The third-order valence-corrected chi connectivity index (χ3v) is 3.42. The third kappa shape index (κ3) is 3.82. The van der Waals surface area contributed by atoms with Crippen LogP contribution in [-0.2, 0) is 14.3 Å². The Morgan fingerprint density at radius 2 is 2.45 bits per heavy atom. The molecular weight excluding hydrogens is 256 g/mol. The first-order valence-corrected chi connectivity index (χ1v) is 6.58. The number of rotatable bonds is 5. The fraction of sp³-hybridized carbons (Fsp3) is 0.400. The Morgan fingerprint density at radius 3 is 3.10 bits per heavy atom. The normalized spacial score (nSPS) is 22.2. The van der Waals surface area contributed by atoms with Gasteiger partial charge in [0.05, 0.1) is 6.61 Å². The summed E-state index contributed by atoms with van der Waals surface area (Å²) in [4.78, 5) is 11.8. The number of nitrogens with two attached hydrogens (primary N) is 1. The van der Waals surface area contributed by atoms with Gasteiger partial charge < -0.3 is 20.5 Å². The van der Waals surface area contributed by atoms with Crippen LogP contribution in [0.15, 0.2) is 30.3 Å². The maximum atomic E-state index is 11.8. The van der Waals surface area contributed by atoms with E-state index in [0.717, 1.165) is 12.0 Å². The molecule has 1 aromatic rings. The first kappa shape index (κ1) is 14.6. The molecule has 20 heavy (non-hydrogen) atoms. The van der Waals surface area contributed by atoms with Gasteiger partial charge in [-0.05, 0) is 23.8 Å². The van der Waals surface area contributed by atoms with E-state index in [1.165, 1.54) is 6.08 Å². The fourth-order valence-corrected chi connectivity index (χ4v) is 2.10. The van der Waals surface area contributed by atoms with Crippen LogP contribution in [0.2, 0.25) is 0 Å². The van der Waals surface area contributed by atoms with Crippen LogP contribution in [0.25, 0.3) is 6.08 Å². The van der Waals surface area contributed by atoms with Crippen molar-refractivity contribution >= 4 is 17.7 Å². The molecule has 2 rings (SSSR count). The molecule has 0 aliphatic carbocycles. The fourth-order valence-electron chi connectivity index (χ4n) is 2.10. The highest BCUT2D eigenvalue weighted by Gasteiger charge is 2.34. The average molecular weight is 276 g/mol. The maximum Gasteiger partial charge on any atom is 0.244 e. The molecule has 0 aromatic heterocycles. The minimum atomic E-state index is -0.388. The summed E-state index contributed by atoms with van der Waals surface area (Å²) in [6.45, 7) is 1.63. The Hall–Kier alpha value is -1.85. The van der Waals surface area contributed by atoms with E-state index in [1.807, 2.05) is 18.2 Å². The van der Waals surface area contributed by atoms with Crippen LogP contribution in [0.3, 0.4) is 0 Å². The number of hydrogen-bond acceptors (Lipinski definition) is 4. The summed E-state index contributed by atoms with van der Waals surface area (Å²) in [5.41, 5.74) is 6.86. The van der Waals surface area contributed by atoms with Crippen LogP contribution < -0.4 is 11.1 Å². The van der Waals surface area contributed by atoms with Gasteiger partial charge in [-0.25, -0.2) is 0 Å². The molecule has 0 bridgehead atoms. The molecule has 1 atom stereocenters. The van der Waals surface area contributed by atoms with E-state index in [-0.39, 0.29) is 11.5 Å². The standard InChI is InChI=1S/C15H20N2O3/c1-19-15(7-8-20-11-15)10-17-14(18)6-5-12-3-2-4-13(16)9-12/h2-6,9H,7-8,10-11,16H2,1H3,(H,17,18)/b6-5+. The van der Waals surface area contributed by atoms with Crippen LogP contribution in [-0.4, -0.2) is 38.4 Å². The number of amides is 1. The van der Waals surface area contributed by atoms with Gasteiger partial charge in [0.25, 0.3) is 0 Å². The van der Waals surface area contributed by atoms with Crippen LogP contribution in [0.4, 0.5) is 5.69 Å². The third-order valence-electron chi connectivity index (χ3n) is 3.42. The highest BCUT2D eigenvalue weighted by molar-refractivity contribution is 5.91. The second-order valence-electron chi connectivity index (χ2n) is 4.91. The number of carbonyl (C=O) groups is 1. The second-order valence-corrected chi connectivity index (χ2v) is 4.91. The Morgan fingerprint density at radius 1 is 1.60 bits per heavy atom. The Balaban J connectivity index is 1.86. The highest BCUT2D eigenvalue weighted by Crippen LogP contribution is 2.21. The van der Waals surface area contributed by atoms with E-state index < -0.39 is 0 Å². The van der Waals surface area contributed by atoms with Crippen LogP contribution in [0.5, 0.6) is 0 Å². The molecule has 5 heteroatoms. The molecular formula is C15H20N2O3. The summed E-state index contributed by atoms with van der Waals surface area (Å²) in [5.74, 6) is -0.157. The predicted molar refractivity (Wildman–Crippen MR) is 78.1 cm³/mol. The zero-order chi connectivity index (χ0) is 14.4. The van der Waals surface area contributed by atoms with Gasteiger partial charge in [0.15, 0.2) is 0 Å². The largest absolute Gasteiger partial charge is 0.399 e. The number of methoxy groups -OCH3 is 1. The Labute approximate surface area is 118 Å². The van der Waals surface area contributed by atoms with Gasteiger partial charge >= 0.3 is 0 Å². The highest BCUT2D eigenvalue weighted by atomic mass is 16.5. The number of nitrogen functional groups attached to an aromatic ring is 1. The molecule has 5 nitrogen and oxygen atoms in total. The zero-order valence-electron chi connectivity index (χ0n) is 11.6. The smallest absolute Gasteiger partial charge is 0.244 e. The van der Waals surface area contributed by atoms with E-state index in [2.05, 4.69) is 5.32 Å². The number of carbonyl (C=O) groups excluding carboxylic acids is 1. The first-order chi connectivity index (χ1) is 9.63. The van der Waals surface area contributed by atoms with Crippen molar-refractivity contribution in [1.82, 2.24) is 5.32 Å². The number of ether oxygens (including phenoxy) is 2. The molecule has 1 amide bonds. The molecule has 1 aliphatic rings. The van der Waals surface area contributed by atoms with Gasteiger partial charge in [0.1, 0.15) is 5.60 Å². The monoisotopic (exact) mass is 276 g/mol. The number of hydrogen-bond donors (Lipinski definition) is 2. The Kier molecular flexibility index (Phi) is 4.76. The summed E-state index contributed by atoms with van der Waals surface area (Å²) in [6.07, 6.45) is 4.02. The van der Waals surface area contributed by atoms with Gasteiger partial charge in [-0.2, -0.15) is 0 Å². The van der Waals surface area contributed by atoms with Gasteiger partial charge in [-0.3, -0.25) is 4.79 Å². The van der Waals surface area contributed by atoms with Crippen molar-refractivity contribution in [2.75, 3.05) is 32.6 Å². The summed E-state index contributed by atoms with van der Waals surface area (Å²) in [7, 11) is 1.64. The lowest BCUT2D eigenvalue weighted by atomic mass is 10.0. The summed E-state index contributed by atoms with van der Waals surface area (Å²) < 4.78 is 10.8. The van der Waals surface area contributed by atoms with Gasteiger partial charge in [-0.15, -0.1) is 0 Å². The SMILES string of the molecule is COC1(CNC(=O)/C=C/c2cccc(N)c2)CCOC1. The van der Waals surface area contributed by atoms with E-state index >= 15 is 0 Å². The zero-order valence-corrected chi connectivity index (χ0v) is 11.6. The molecule has 0 saturated carbocycles. The van der Waals surface area contributed by atoms with Crippen molar-refractivity contribution < 1.29 is 14.3 Å². The van der Waals surface area contributed by atoms with Crippen LogP contribution in [0, 0.1) is 0 Å². The van der Waals surface area contributed by atoms with Crippen molar-refractivity contribution in [1.29, 1.82) is 0 Å². The number of anilines is 1. The van der Waals surface area contributed by atoms with E-state index in [1.54, 1.807) is 19.3 Å². The second kappa shape index (κ2) is 6.54. The van der Waals surface area contributed by atoms with Crippen LogP contribution in [0.1, 0.15) is 12.0 Å². The van der Waals surface area contributed by atoms with Crippen molar-refractivity contribution in [3.05, 3.63) is 35.9 Å². The molecule has 1 aliphatic heterocycles. The van der Waals surface area contributed by atoms with E-state index in [0.29, 0.717) is 25.4 Å². The quantitative estimate of drug-likeness (QED) is 0.626. The van der Waals surface area contributed by atoms with E-state index in [9.17, 15) is 4.79 Å². The number of nitrogens with one attached hydrogen (secondary N) is 1. The number of benzene rings is 1. The lowest BCUT2D eigenvalue weighted by molar-refractivity contribution is -0.118. The topological polar surface area (TPSA) is 73.6 Å². The van der Waals surface area contributed by atoms with Crippen LogP contribution >= 0.6 is 0 Å². The average Bonchev–Trinajstić information content (AvgIpc) is 2.92. The van der Waals surface area contributed by atoms with Crippen molar-refractivity contribution in [2.24, 2.45) is 0 Å². The minimum Gasteiger partial charge on any atom is -0.399 e. The maximum absolute atomic E-state index is 11.8. The summed E-state index contributed by atoms with van der Waals surface area (Å²) in [6, 6.07) is 7.36. The minimum absolute atomic E-state index is 0.157. The summed E-state index contributed by atoms with van der Waals surface area (Å²) in [5, 5.41) is 2.84. The molecule has 1 saturated heterocycles. The predicted octanol–water partition coefficient (Wildman–Crippen LogP) is 1.20. The Bertz CT molecular complexity index is 494. The van der Waals surface area contributed by atoms with Gasteiger partial charge in [-0.1, -0.05) is 12.1 Å². The molecule has 1 aromatic carbocycles. The molecule has 0 spiro atoms. The lowest BCUT2D eigenvalue weighted by Gasteiger charge is -2.25. The van der Waals surface area contributed by atoms with E-state index in [4.69, 9.17) is 15.2 Å². The molecule has 1 fully saturated rings. The molecule has 0 radical (unpaired) electrons. The molecule has 1 unspecified atom stereocenters. The van der Waals surface area contributed by atoms with Crippen molar-refractivity contribution in [3.63, 3.8) is 0 Å². The summed E-state index contributed by atoms with van der Waals surface area (Å²) >= 11 is 0. The van der Waals surface area contributed by atoms with Gasteiger partial charge in [0, 0.05) is 38.4 Å². The van der Waals surface area contributed by atoms with Crippen molar-refractivity contribution in [2.45, 2.75) is 12.0 Å². The molecule has 1 heterocycles. The van der Waals surface area contributed by atoms with Gasteiger partial charge in [0.2, 0.25) is 5.91 Å². The molecule has 3 N–H and O–H groups in total.